The number of carboxylic acids is 1. The van der Waals surface area contributed by atoms with E-state index in [9.17, 15) is 4.79 Å². The van der Waals surface area contributed by atoms with Crippen LogP contribution in [0.3, 0.4) is 0 Å². The highest BCUT2D eigenvalue weighted by molar-refractivity contribution is 8.02. The van der Waals surface area contributed by atoms with Crippen molar-refractivity contribution >= 4 is 35.6 Å². The van der Waals surface area contributed by atoms with Crippen molar-refractivity contribution in [3.63, 3.8) is 0 Å². The highest BCUT2D eigenvalue weighted by Gasteiger charge is 1.94. The smallest absolute Gasteiger partial charge is 0.373 e. The van der Waals surface area contributed by atoms with Crippen LogP contribution in [-0.2, 0) is 14.4 Å². The van der Waals surface area contributed by atoms with Crippen molar-refractivity contribution < 1.29 is 19.5 Å². The molecule has 0 aromatic rings. The van der Waals surface area contributed by atoms with Gasteiger partial charge in [-0.1, -0.05) is 0 Å². The second kappa shape index (κ2) is 13.2. The van der Waals surface area contributed by atoms with Gasteiger partial charge in [0.2, 0.25) is 0 Å². The van der Waals surface area contributed by atoms with Crippen molar-refractivity contribution in [2.75, 3.05) is 23.5 Å². The molecule has 70 valence electrons. The molecular weight excluding hydrogens is 200 g/mol. The first-order valence-electron chi connectivity index (χ1n) is 2.96. The van der Waals surface area contributed by atoms with Crippen molar-refractivity contribution in [2.24, 2.45) is 0 Å². The molecule has 0 aliphatic carbocycles. The van der Waals surface area contributed by atoms with Gasteiger partial charge in [-0.15, -0.1) is 11.8 Å². The van der Waals surface area contributed by atoms with Crippen molar-refractivity contribution in [3.05, 3.63) is 0 Å². The number of aliphatic carboxylic acids is 1. The number of carbonyl (C=O) groups excluding carboxylic acids is 2. The van der Waals surface area contributed by atoms with Gasteiger partial charge in [-0.25, -0.2) is 0 Å². The van der Waals surface area contributed by atoms with E-state index in [-0.39, 0.29) is 11.9 Å². The maximum absolute atomic E-state index is 9.93. The predicted molar refractivity (Wildman–Crippen MR) is 48.3 cm³/mol. The highest BCUT2D eigenvalue weighted by atomic mass is 32.2. The van der Waals surface area contributed by atoms with E-state index in [0.29, 0.717) is 0 Å². The number of thioether (sulfide) groups is 2. The SMILES string of the molecule is CSCCSCC(=O)O.O=C=O. The molecule has 0 radical (unpaired) electrons. The zero-order valence-corrected chi connectivity index (χ0v) is 8.24. The molecule has 0 aliphatic rings. The molecule has 0 spiro atoms. The normalized spacial score (nSPS) is 7.75. The molecule has 0 bridgehead atoms. The number of hydrogen-bond donors (Lipinski definition) is 1. The van der Waals surface area contributed by atoms with Gasteiger partial charge in [-0.3, -0.25) is 4.79 Å². The summed E-state index contributed by atoms with van der Waals surface area (Å²) in [5.41, 5.74) is 0. The van der Waals surface area contributed by atoms with Crippen molar-refractivity contribution in [1.82, 2.24) is 0 Å². The molecule has 0 saturated heterocycles. The topological polar surface area (TPSA) is 71.4 Å². The maximum Gasteiger partial charge on any atom is 0.373 e. The summed E-state index contributed by atoms with van der Waals surface area (Å²) in [6, 6.07) is 0. The van der Waals surface area contributed by atoms with Crippen LogP contribution in [0.1, 0.15) is 0 Å². The minimum Gasteiger partial charge on any atom is -0.481 e. The molecule has 0 amide bonds. The lowest BCUT2D eigenvalue weighted by Crippen LogP contribution is -1.99. The Kier molecular flexibility index (Phi) is 15.5. The Labute approximate surface area is 79.1 Å². The predicted octanol–water partition coefficient (Wildman–Crippen LogP) is 0.584. The molecule has 0 saturated carbocycles. The molecule has 12 heavy (non-hydrogen) atoms. The first-order valence-corrected chi connectivity index (χ1v) is 5.51. The van der Waals surface area contributed by atoms with Gasteiger partial charge >= 0.3 is 12.1 Å². The van der Waals surface area contributed by atoms with Crippen LogP contribution in [-0.4, -0.2) is 40.7 Å². The summed E-state index contributed by atoms with van der Waals surface area (Å²) in [5.74, 6) is 1.49. The minimum atomic E-state index is -0.721. The van der Waals surface area contributed by atoms with Gasteiger partial charge in [-0.2, -0.15) is 21.4 Å². The number of carbonyl (C=O) groups is 1. The Balaban J connectivity index is 0. The standard InChI is InChI=1S/C5H10O2S2.CO2/c1-8-2-3-9-4-5(6)7;2-1-3/h2-4H2,1H3,(H,6,7);. The average molecular weight is 210 g/mol. The summed E-state index contributed by atoms with van der Waals surface area (Å²) in [6.07, 6.45) is 2.27. The fourth-order valence-electron chi connectivity index (χ4n) is 0.302. The molecule has 6 heteroatoms. The van der Waals surface area contributed by atoms with E-state index in [1.807, 2.05) is 6.26 Å². The van der Waals surface area contributed by atoms with E-state index in [2.05, 4.69) is 0 Å². The average Bonchev–Trinajstić information content (AvgIpc) is 1.99. The van der Waals surface area contributed by atoms with Crippen LogP contribution < -0.4 is 0 Å². The number of hydrogen-bond acceptors (Lipinski definition) is 5. The monoisotopic (exact) mass is 210 g/mol. The first-order chi connectivity index (χ1) is 5.68. The number of carboxylic acid groups (broad SMARTS) is 1. The van der Waals surface area contributed by atoms with Crippen LogP contribution in [0.4, 0.5) is 0 Å². The van der Waals surface area contributed by atoms with E-state index >= 15 is 0 Å². The van der Waals surface area contributed by atoms with Crippen molar-refractivity contribution in [2.45, 2.75) is 0 Å². The summed E-state index contributed by atoms with van der Waals surface area (Å²) >= 11 is 3.21. The van der Waals surface area contributed by atoms with Gasteiger partial charge in [0.15, 0.2) is 0 Å². The number of rotatable bonds is 5. The van der Waals surface area contributed by atoms with E-state index in [0.717, 1.165) is 11.5 Å². The third-order valence-electron chi connectivity index (χ3n) is 0.657. The zero-order chi connectivity index (χ0) is 9.82. The van der Waals surface area contributed by atoms with E-state index in [1.54, 1.807) is 11.8 Å². The van der Waals surface area contributed by atoms with Crippen molar-refractivity contribution in [3.8, 4) is 0 Å². The van der Waals surface area contributed by atoms with E-state index < -0.39 is 5.97 Å². The lowest BCUT2D eigenvalue weighted by atomic mass is 10.8. The Hall–Kier alpha value is -0.450. The van der Waals surface area contributed by atoms with Gasteiger partial charge in [0.25, 0.3) is 0 Å². The molecule has 0 heterocycles. The van der Waals surface area contributed by atoms with E-state index in [4.69, 9.17) is 14.7 Å². The second-order valence-corrected chi connectivity index (χ2v) is 3.61. The molecule has 0 aromatic carbocycles. The zero-order valence-electron chi connectivity index (χ0n) is 6.61. The van der Waals surface area contributed by atoms with Gasteiger partial charge in [0.05, 0.1) is 5.75 Å². The molecule has 0 atom stereocenters. The van der Waals surface area contributed by atoms with Crippen LogP contribution in [0, 0.1) is 0 Å². The Morgan fingerprint density at radius 1 is 1.42 bits per heavy atom. The summed E-state index contributed by atoms with van der Waals surface area (Å²) in [6.45, 7) is 0. The molecule has 4 nitrogen and oxygen atoms in total. The van der Waals surface area contributed by atoms with Gasteiger partial charge < -0.3 is 5.11 Å². The Morgan fingerprint density at radius 3 is 2.25 bits per heavy atom. The van der Waals surface area contributed by atoms with Crippen LogP contribution in [0.15, 0.2) is 0 Å². The van der Waals surface area contributed by atoms with Crippen LogP contribution >= 0.6 is 23.5 Å². The van der Waals surface area contributed by atoms with Crippen LogP contribution in [0.5, 0.6) is 0 Å². The molecular formula is C6H10O4S2. The second-order valence-electron chi connectivity index (χ2n) is 1.52. The highest BCUT2D eigenvalue weighted by Crippen LogP contribution is 2.02. The Bertz CT molecular complexity index is 142. The molecule has 0 aromatic heterocycles. The summed E-state index contributed by atoms with van der Waals surface area (Å²) in [4.78, 5) is 26.2. The fraction of sp³-hybridized carbons (Fsp3) is 0.667. The third kappa shape index (κ3) is 22.7. The molecule has 0 unspecified atom stereocenters. The quantitative estimate of drug-likeness (QED) is 0.669. The largest absolute Gasteiger partial charge is 0.481 e. The third-order valence-corrected chi connectivity index (χ3v) is 2.47. The maximum atomic E-state index is 9.93. The van der Waals surface area contributed by atoms with Gasteiger partial charge in [0.1, 0.15) is 0 Å². The molecule has 0 aliphatic heterocycles. The summed E-state index contributed by atoms with van der Waals surface area (Å²) in [7, 11) is 0. The van der Waals surface area contributed by atoms with Gasteiger partial charge in [0, 0.05) is 11.5 Å². The molecule has 1 N–H and O–H groups in total. The lowest BCUT2D eigenvalue weighted by Gasteiger charge is -1.93. The van der Waals surface area contributed by atoms with Crippen molar-refractivity contribution in [1.29, 1.82) is 0 Å². The van der Waals surface area contributed by atoms with Gasteiger partial charge in [-0.05, 0) is 6.26 Å². The first kappa shape index (κ1) is 14.1. The van der Waals surface area contributed by atoms with E-state index in [1.165, 1.54) is 11.8 Å². The summed E-state index contributed by atoms with van der Waals surface area (Å²) < 4.78 is 0. The lowest BCUT2D eigenvalue weighted by molar-refractivity contribution is -0.191. The van der Waals surface area contributed by atoms with Crippen LogP contribution in [0.25, 0.3) is 0 Å². The minimum absolute atomic E-state index is 0.237. The molecule has 0 rings (SSSR count). The molecule has 0 fully saturated rings. The fourth-order valence-corrected chi connectivity index (χ4v) is 1.76. The Morgan fingerprint density at radius 2 is 1.92 bits per heavy atom. The van der Waals surface area contributed by atoms with Crippen LogP contribution in [0.2, 0.25) is 0 Å². The summed E-state index contributed by atoms with van der Waals surface area (Å²) in [5, 5.41) is 8.19.